The van der Waals surface area contributed by atoms with E-state index in [2.05, 4.69) is 10.3 Å². The number of carbonyl (C=O) groups excluding carboxylic acids is 1. The van der Waals surface area contributed by atoms with Gasteiger partial charge < -0.3 is 14.8 Å². The molecule has 3 rings (SSSR count). The summed E-state index contributed by atoms with van der Waals surface area (Å²) in [6.45, 7) is 2.92. The van der Waals surface area contributed by atoms with Gasteiger partial charge in [0, 0.05) is 16.5 Å². The third-order valence-electron chi connectivity index (χ3n) is 3.75. The van der Waals surface area contributed by atoms with Gasteiger partial charge in [-0.25, -0.2) is 4.98 Å². The minimum absolute atomic E-state index is 0.132. The molecule has 0 saturated heterocycles. The minimum Gasteiger partial charge on any atom is -0.497 e. The van der Waals surface area contributed by atoms with Crippen LogP contribution in [0.5, 0.6) is 11.5 Å². The molecule has 5 nitrogen and oxygen atoms in total. The van der Waals surface area contributed by atoms with Gasteiger partial charge in [-0.05, 0) is 55.5 Å². The summed E-state index contributed by atoms with van der Waals surface area (Å²) < 4.78 is 10.5. The largest absolute Gasteiger partial charge is 0.497 e. The summed E-state index contributed by atoms with van der Waals surface area (Å²) in [5.74, 6) is 1.44. The number of carbonyl (C=O) groups is 1. The van der Waals surface area contributed by atoms with Gasteiger partial charge >= 0.3 is 0 Å². The zero-order chi connectivity index (χ0) is 18.4. The maximum atomic E-state index is 12.2. The lowest BCUT2D eigenvalue weighted by Gasteiger charge is -2.05. The maximum absolute atomic E-state index is 12.2. The van der Waals surface area contributed by atoms with Gasteiger partial charge in [-0.2, -0.15) is 0 Å². The summed E-state index contributed by atoms with van der Waals surface area (Å²) in [5, 5.41) is 5.77. The molecule has 0 bridgehead atoms. The Morgan fingerprint density at radius 3 is 2.42 bits per heavy atom. The van der Waals surface area contributed by atoms with Crippen molar-refractivity contribution in [1.82, 2.24) is 10.3 Å². The van der Waals surface area contributed by atoms with Crippen molar-refractivity contribution in [1.29, 1.82) is 0 Å². The Morgan fingerprint density at radius 2 is 1.77 bits per heavy atom. The van der Waals surface area contributed by atoms with Gasteiger partial charge in [-0.3, -0.25) is 4.79 Å². The Balaban J connectivity index is 1.59. The molecule has 0 atom stereocenters. The van der Waals surface area contributed by atoms with Crippen LogP contribution in [-0.2, 0) is 6.54 Å². The molecule has 1 amide bonds. The van der Waals surface area contributed by atoms with E-state index in [4.69, 9.17) is 9.47 Å². The number of nitrogens with one attached hydrogen (secondary N) is 1. The highest BCUT2D eigenvalue weighted by atomic mass is 32.1. The molecule has 1 heterocycles. The Labute approximate surface area is 156 Å². The van der Waals surface area contributed by atoms with Crippen molar-refractivity contribution >= 4 is 17.2 Å². The third-order valence-corrected chi connectivity index (χ3v) is 4.69. The van der Waals surface area contributed by atoms with Crippen LogP contribution in [0.25, 0.3) is 10.6 Å². The second kappa shape index (κ2) is 8.49. The lowest BCUT2D eigenvalue weighted by atomic mass is 10.2. The highest BCUT2D eigenvalue weighted by molar-refractivity contribution is 7.13. The molecule has 0 fully saturated rings. The van der Waals surface area contributed by atoms with Crippen molar-refractivity contribution in [2.24, 2.45) is 0 Å². The van der Waals surface area contributed by atoms with Gasteiger partial charge in [0.15, 0.2) is 0 Å². The number of rotatable bonds is 7. The number of benzene rings is 2. The van der Waals surface area contributed by atoms with E-state index in [1.807, 2.05) is 36.6 Å². The first kappa shape index (κ1) is 17.9. The molecule has 0 aliphatic heterocycles. The second-order valence-corrected chi connectivity index (χ2v) is 6.37. The highest BCUT2D eigenvalue weighted by Gasteiger charge is 2.09. The van der Waals surface area contributed by atoms with Crippen LogP contribution in [0.15, 0.2) is 53.9 Å². The molecule has 6 heteroatoms. The van der Waals surface area contributed by atoms with Crippen LogP contribution in [0.4, 0.5) is 0 Å². The first-order valence-electron chi connectivity index (χ1n) is 8.29. The van der Waals surface area contributed by atoms with Gasteiger partial charge in [0.2, 0.25) is 0 Å². The van der Waals surface area contributed by atoms with E-state index >= 15 is 0 Å². The Kier molecular flexibility index (Phi) is 5.86. The van der Waals surface area contributed by atoms with Crippen molar-refractivity contribution in [3.63, 3.8) is 0 Å². The number of aromatic nitrogens is 1. The van der Waals surface area contributed by atoms with Crippen molar-refractivity contribution < 1.29 is 14.3 Å². The molecule has 0 aliphatic rings. The fourth-order valence-electron chi connectivity index (χ4n) is 2.40. The summed E-state index contributed by atoms with van der Waals surface area (Å²) in [6, 6.07) is 14.9. The van der Waals surface area contributed by atoms with Crippen LogP contribution >= 0.6 is 11.3 Å². The zero-order valence-corrected chi connectivity index (χ0v) is 15.5. The zero-order valence-electron chi connectivity index (χ0n) is 14.7. The number of ether oxygens (including phenoxy) is 2. The van der Waals surface area contributed by atoms with E-state index < -0.39 is 0 Å². The average molecular weight is 368 g/mol. The SMILES string of the molecule is CCOc1ccc(C(=O)NCc2csc(-c3ccc(OC)cc3)n2)cc1. The third kappa shape index (κ3) is 4.40. The van der Waals surface area contributed by atoms with E-state index in [1.54, 1.807) is 42.7 Å². The predicted octanol–water partition coefficient (Wildman–Crippen LogP) is 4.15. The topological polar surface area (TPSA) is 60.5 Å². The fourth-order valence-corrected chi connectivity index (χ4v) is 3.22. The summed E-state index contributed by atoms with van der Waals surface area (Å²) in [7, 11) is 1.64. The van der Waals surface area contributed by atoms with Crippen molar-refractivity contribution in [3.8, 4) is 22.1 Å². The molecule has 134 valence electrons. The van der Waals surface area contributed by atoms with E-state index in [0.29, 0.717) is 18.7 Å². The predicted molar refractivity (Wildman–Crippen MR) is 103 cm³/mol. The van der Waals surface area contributed by atoms with E-state index in [1.165, 1.54) is 0 Å². The molecule has 26 heavy (non-hydrogen) atoms. The normalized spacial score (nSPS) is 10.4. The van der Waals surface area contributed by atoms with Crippen molar-refractivity contribution in [2.75, 3.05) is 13.7 Å². The number of thiazole rings is 1. The van der Waals surface area contributed by atoms with Crippen LogP contribution < -0.4 is 14.8 Å². The van der Waals surface area contributed by atoms with Gasteiger partial charge in [0.1, 0.15) is 16.5 Å². The van der Waals surface area contributed by atoms with Crippen LogP contribution in [0.2, 0.25) is 0 Å². The van der Waals surface area contributed by atoms with E-state index in [9.17, 15) is 4.79 Å². The fraction of sp³-hybridized carbons (Fsp3) is 0.200. The molecule has 3 aromatic rings. The van der Waals surface area contributed by atoms with Crippen LogP contribution in [0.1, 0.15) is 23.0 Å². The van der Waals surface area contributed by atoms with Crippen molar-refractivity contribution in [3.05, 3.63) is 65.2 Å². The van der Waals surface area contributed by atoms with Crippen LogP contribution in [-0.4, -0.2) is 24.6 Å². The number of amides is 1. The first-order chi connectivity index (χ1) is 12.7. The standard InChI is InChI=1S/C20H20N2O3S/c1-3-25-18-10-4-14(5-11-18)19(23)21-12-16-13-26-20(22-16)15-6-8-17(24-2)9-7-15/h4-11,13H,3,12H2,1-2H3,(H,21,23). The van der Waals surface area contributed by atoms with Gasteiger partial charge in [-0.15, -0.1) is 11.3 Å². The van der Waals surface area contributed by atoms with Gasteiger partial charge in [0.25, 0.3) is 5.91 Å². The molecule has 1 N–H and O–H groups in total. The minimum atomic E-state index is -0.132. The molecule has 1 aromatic heterocycles. The molecule has 0 unspecified atom stereocenters. The molecule has 0 radical (unpaired) electrons. The quantitative estimate of drug-likeness (QED) is 0.681. The summed E-state index contributed by atoms with van der Waals surface area (Å²) in [6.07, 6.45) is 0. The van der Waals surface area contributed by atoms with Crippen molar-refractivity contribution in [2.45, 2.75) is 13.5 Å². The van der Waals surface area contributed by atoms with Crippen LogP contribution in [0.3, 0.4) is 0 Å². The number of hydrogen-bond acceptors (Lipinski definition) is 5. The molecular formula is C20H20N2O3S. The van der Waals surface area contributed by atoms with E-state index in [-0.39, 0.29) is 5.91 Å². The molecule has 0 spiro atoms. The molecule has 0 saturated carbocycles. The number of methoxy groups -OCH3 is 1. The molecule has 0 aliphatic carbocycles. The maximum Gasteiger partial charge on any atom is 0.251 e. The lowest BCUT2D eigenvalue weighted by Crippen LogP contribution is -2.22. The number of nitrogens with zero attached hydrogens (tertiary/aromatic N) is 1. The Hall–Kier alpha value is -2.86. The summed E-state index contributed by atoms with van der Waals surface area (Å²) in [5.41, 5.74) is 2.46. The second-order valence-electron chi connectivity index (χ2n) is 5.51. The molecular weight excluding hydrogens is 348 g/mol. The smallest absolute Gasteiger partial charge is 0.251 e. The first-order valence-corrected chi connectivity index (χ1v) is 9.17. The Morgan fingerprint density at radius 1 is 1.08 bits per heavy atom. The average Bonchev–Trinajstić information content (AvgIpc) is 3.16. The molecule has 2 aromatic carbocycles. The monoisotopic (exact) mass is 368 g/mol. The summed E-state index contributed by atoms with van der Waals surface area (Å²) >= 11 is 1.55. The Bertz CT molecular complexity index is 858. The number of hydrogen-bond donors (Lipinski definition) is 1. The highest BCUT2D eigenvalue weighted by Crippen LogP contribution is 2.25. The van der Waals surface area contributed by atoms with Crippen LogP contribution in [0, 0.1) is 0 Å². The van der Waals surface area contributed by atoms with E-state index in [0.717, 1.165) is 27.8 Å². The van der Waals surface area contributed by atoms with Gasteiger partial charge in [-0.1, -0.05) is 0 Å². The lowest BCUT2D eigenvalue weighted by molar-refractivity contribution is 0.0950. The summed E-state index contributed by atoms with van der Waals surface area (Å²) in [4.78, 5) is 16.8. The van der Waals surface area contributed by atoms with Gasteiger partial charge in [0.05, 0.1) is 26.0 Å².